The molecule has 1 aromatic heterocycles. The molecule has 0 bridgehead atoms. The Bertz CT molecular complexity index is 540. The number of benzene rings is 1. The van der Waals surface area contributed by atoms with Crippen molar-refractivity contribution in [3.8, 4) is 5.75 Å². The van der Waals surface area contributed by atoms with Crippen LogP contribution in [0.15, 0.2) is 36.5 Å². The zero-order valence-electron chi connectivity index (χ0n) is 11.3. The molecule has 0 aliphatic carbocycles. The summed E-state index contributed by atoms with van der Waals surface area (Å²) < 4.78 is 5.84. The number of hydrogen-bond donors (Lipinski definition) is 0. The second-order valence-electron chi connectivity index (χ2n) is 4.71. The van der Waals surface area contributed by atoms with Crippen LogP contribution in [0.25, 0.3) is 0 Å². The first-order valence-corrected chi connectivity index (χ1v) is 6.69. The summed E-state index contributed by atoms with van der Waals surface area (Å²) in [5, 5.41) is 0.698. The fourth-order valence-electron chi connectivity index (χ4n) is 1.67. The largest absolute Gasteiger partial charge is 0.484 e. The number of hydrogen-bond acceptors (Lipinski definition) is 3. The Morgan fingerprint density at radius 3 is 2.37 bits per heavy atom. The lowest BCUT2D eigenvalue weighted by Crippen LogP contribution is -2.08. The van der Waals surface area contributed by atoms with Crippen LogP contribution in [0.5, 0.6) is 5.75 Å². The van der Waals surface area contributed by atoms with Gasteiger partial charge in [-0.1, -0.05) is 25.4 Å². The standard InChI is InChI=1S/C15H17ClN2O/c1-10(2)15-17-9-8-14(18-15)11(3)19-13-6-4-12(16)5-7-13/h4-11H,1-3H3. The van der Waals surface area contributed by atoms with Crippen molar-refractivity contribution in [3.05, 3.63) is 53.1 Å². The minimum atomic E-state index is -0.123. The maximum Gasteiger partial charge on any atom is 0.138 e. The van der Waals surface area contributed by atoms with E-state index in [9.17, 15) is 0 Å². The summed E-state index contributed by atoms with van der Waals surface area (Å²) in [5.74, 6) is 1.92. The number of ether oxygens (including phenoxy) is 1. The van der Waals surface area contributed by atoms with Crippen LogP contribution in [0.1, 0.15) is 44.3 Å². The maximum atomic E-state index is 5.84. The Morgan fingerprint density at radius 1 is 1.05 bits per heavy atom. The van der Waals surface area contributed by atoms with Gasteiger partial charge in [0.25, 0.3) is 0 Å². The number of aromatic nitrogens is 2. The zero-order chi connectivity index (χ0) is 13.8. The first kappa shape index (κ1) is 13.8. The van der Waals surface area contributed by atoms with Crippen molar-refractivity contribution >= 4 is 11.6 Å². The van der Waals surface area contributed by atoms with Crippen molar-refractivity contribution in [1.29, 1.82) is 0 Å². The smallest absolute Gasteiger partial charge is 0.138 e. The quantitative estimate of drug-likeness (QED) is 0.830. The summed E-state index contributed by atoms with van der Waals surface area (Å²) in [7, 11) is 0. The molecular weight excluding hydrogens is 260 g/mol. The number of rotatable bonds is 4. The van der Waals surface area contributed by atoms with Gasteiger partial charge in [0, 0.05) is 17.1 Å². The third-order valence-electron chi connectivity index (χ3n) is 2.76. The molecule has 0 amide bonds. The zero-order valence-corrected chi connectivity index (χ0v) is 12.1. The Morgan fingerprint density at radius 2 is 1.74 bits per heavy atom. The van der Waals surface area contributed by atoms with Crippen molar-refractivity contribution in [2.45, 2.75) is 32.8 Å². The van der Waals surface area contributed by atoms with Gasteiger partial charge < -0.3 is 4.74 Å². The molecule has 2 rings (SSSR count). The Labute approximate surface area is 118 Å². The highest BCUT2D eigenvalue weighted by Gasteiger charge is 2.11. The van der Waals surface area contributed by atoms with Gasteiger partial charge in [-0.15, -0.1) is 0 Å². The molecular formula is C15H17ClN2O. The van der Waals surface area contributed by atoms with Crippen LogP contribution in [0.2, 0.25) is 5.02 Å². The highest BCUT2D eigenvalue weighted by Crippen LogP contribution is 2.22. The van der Waals surface area contributed by atoms with E-state index in [1.54, 1.807) is 6.20 Å². The van der Waals surface area contributed by atoms with Crippen LogP contribution in [-0.2, 0) is 0 Å². The topological polar surface area (TPSA) is 35.0 Å². The van der Waals surface area contributed by atoms with E-state index in [1.165, 1.54) is 0 Å². The monoisotopic (exact) mass is 276 g/mol. The fourth-order valence-corrected chi connectivity index (χ4v) is 1.80. The third-order valence-corrected chi connectivity index (χ3v) is 3.01. The molecule has 0 spiro atoms. The van der Waals surface area contributed by atoms with E-state index in [2.05, 4.69) is 23.8 Å². The minimum Gasteiger partial charge on any atom is -0.484 e. The van der Waals surface area contributed by atoms with E-state index >= 15 is 0 Å². The molecule has 2 aromatic rings. The summed E-state index contributed by atoms with van der Waals surface area (Å²) >= 11 is 5.84. The molecule has 0 aliphatic heterocycles. The van der Waals surface area contributed by atoms with Crippen LogP contribution in [0.4, 0.5) is 0 Å². The lowest BCUT2D eigenvalue weighted by atomic mass is 10.2. The molecule has 0 aliphatic rings. The van der Waals surface area contributed by atoms with Crippen molar-refractivity contribution < 1.29 is 4.74 Å². The van der Waals surface area contributed by atoms with E-state index in [0.29, 0.717) is 10.9 Å². The van der Waals surface area contributed by atoms with Gasteiger partial charge in [-0.05, 0) is 37.3 Å². The van der Waals surface area contributed by atoms with Gasteiger partial charge >= 0.3 is 0 Å². The van der Waals surface area contributed by atoms with Gasteiger partial charge in [0.2, 0.25) is 0 Å². The molecule has 0 radical (unpaired) electrons. The summed E-state index contributed by atoms with van der Waals surface area (Å²) in [5.41, 5.74) is 0.883. The molecule has 19 heavy (non-hydrogen) atoms. The van der Waals surface area contributed by atoms with Crippen LogP contribution in [0.3, 0.4) is 0 Å². The van der Waals surface area contributed by atoms with E-state index in [-0.39, 0.29) is 6.10 Å². The first-order chi connectivity index (χ1) is 9.06. The SMILES string of the molecule is CC(C)c1nccc(C(C)Oc2ccc(Cl)cc2)n1. The van der Waals surface area contributed by atoms with Gasteiger partial charge in [-0.3, -0.25) is 0 Å². The predicted molar refractivity (Wildman–Crippen MR) is 76.6 cm³/mol. The van der Waals surface area contributed by atoms with Gasteiger partial charge in [-0.2, -0.15) is 0 Å². The summed E-state index contributed by atoms with van der Waals surface area (Å²) in [6.45, 7) is 6.12. The van der Waals surface area contributed by atoms with Crippen molar-refractivity contribution in [1.82, 2.24) is 9.97 Å². The fraction of sp³-hybridized carbons (Fsp3) is 0.333. The minimum absolute atomic E-state index is 0.123. The highest BCUT2D eigenvalue weighted by molar-refractivity contribution is 6.30. The molecule has 1 aromatic carbocycles. The van der Waals surface area contributed by atoms with Crippen LogP contribution in [-0.4, -0.2) is 9.97 Å². The molecule has 3 nitrogen and oxygen atoms in total. The van der Waals surface area contributed by atoms with E-state index in [0.717, 1.165) is 17.3 Å². The Hall–Kier alpha value is -1.61. The van der Waals surface area contributed by atoms with Crippen LogP contribution >= 0.6 is 11.6 Å². The predicted octanol–water partition coefficient (Wildman–Crippen LogP) is 4.39. The summed E-state index contributed by atoms with van der Waals surface area (Å²) in [6, 6.07) is 9.20. The lowest BCUT2D eigenvalue weighted by Gasteiger charge is -2.15. The molecule has 0 fully saturated rings. The molecule has 4 heteroatoms. The maximum absolute atomic E-state index is 5.84. The molecule has 1 atom stereocenters. The van der Waals surface area contributed by atoms with E-state index < -0.39 is 0 Å². The second-order valence-corrected chi connectivity index (χ2v) is 5.14. The van der Waals surface area contributed by atoms with Crippen molar-refractivity contribution in [2.24, 2.45) is 0 Å². The Balaban J connectivity index is 2.13. The molecule has 0 N–H and O–H groups in total. The molecule has 0 saturated heterocycles. The van der Waals surface area contributed by atoms with Gasteiger partial charge in [-0.25, -0.2) is 9.97 Å². The van der Waals surface area contributed by atoms with E-state index in [1.807, 2.05) is 37.3 Å². The van der Waals surface area contributed by atoms with Crippen molar-refractivity contribution in [3.63, 3.8) is 0 Å². The van der Waals surface area contributed by atoms with Gasteiger partial charge in [0.05, 0.1) is 5.69 Å². The average molecular weight is 277 g/mol. The first-order valence-electron chi connectivity index (χ1n) is 6.31. The lowest BCUT2D eigenvalue weighted by molar-refractivity contribution is 0.221. The second kappa shape index (κ2) is 6.02. The Kier molecular flexibility index (Phi) is 4.38. The molecule has 100 valence electrons. The molecule has 1 unspecified atom stereocenters. The van der Waals surface area contributed by atoms with Crippen LogP contribution < -0.4 is 4.74 Å². The summed E-state index contributed by atoms with van der Waals surface area (Å²) in [4.78, 5) is 8.78. The average Bonchev–Trinajstić information content (AvgIpc) is 2.41. The molecule has 1 heterocycles. The highest BCUT2D eigenvalue weighted by atomic mass is 35.5. The number of halogens is 1. The summed E-state index contributed by atoms with van der Waals surface area (Å²) in [6.07, 6.45) is 1.65. The van der Waals surface area contributed by atoms with Crippen molar-refractivity contribution in [2.75, 3.05) is 0 Å². The van der Waals surface area contributed by atoms with Gasteiger partial charge in [0.1, 0.15) is 17.7 Å². The number of nitrogens with zero attached hydrogens (tertiary/aromatic N) is 2. The normalized spacial score (nSPS) is 12.5. The van der Waals surface area contributed by atoms with E-state index in [4.69, 9.17) is 16.3 Å². The van der Waals surface area contributed by atoms with Crippen LogP contribution in [0, 0.1) is 0 Å². The molecule has 0 saturated carbocycles. The third kappa shape index (κ3) is 3.67. The van der Waals surface area contributed by atoms with Gasteiger partial charge in [0.15, 0.2) is 0 Å².